The molecule has 1 aliphatic heterocycles. The van der Waals surface area contributed by atoms with Gasteiger partial charge in [0.05, 0.1) is 23.2 Å². The minimum Gasteiger partial charge on any atom is -0.494 e. The van der Waals surface area contributed by atoms with Crippen LogP contribution >= 0.6 is 0 Å². The number of aromatic nitrogens is 3. The molecule has 2 aromatic heterocycles. The highest BCUT2D eigenvalue weighted by Gasteiger charge is 2.29. The summed E-state index contributed by atoms with van der Waals surface area (Å²) in [4.78, 5) is 14.0. The summed E-state index contributed by atoms with van der Waals surface area (Å²) in [5, 5.41) is 4.16. The summed E-state index contributed by atoms with van der Waals surface area (Å²) in [6, 6.07) is 15.3. The first kappa shape index (κ1) is 26.8. The third-order valence-electron chi connectivity index (χ3n) is 6.91. The van der Waals surface area contributed by atoms with Crippen LogP contribution < -0.4 is 19.7 Å². The van der Waals surface area contributed by atoms with Crippen LogP contribution in [0.15, 0.2) is 60.9 Å². The average molecular weight is 550 g/mol. The summed E-state index contributed by atoms with van der Waals surface area (Å²) in [5.41, 5.74) is 3.85. The van der Waals surface area contributed by atoms with Crippen LogP contribution in [0.5, 0.6) is 5.75 Å². The average Bonchev–Trinajstić information content (AvgIpc) is 3.32. The van der Waals surface area contributed by atoms with E-state index < -0.39 is 14.8 Å². The highest BCUT2D eigenvalue weighted by molar-refractivity contribution is 7.94. The molecule has 0 amide bonds. The van der Waals surface area contributed by atoms with Gasteiger partial charge in [0.25, 0.3) is 0 Å². The van der Waals surface area contributed by atoms with E-state index in [4.69, 9.17) is 9.72 Å². The number of nitrogens with one attached hydrogen (secondary N) is 2. The van der Waals surface area contributed by atoms with Gasteiger partial charge in [-0.1, -0.05) is 6.07 Å². The third kappa shape index (κ3) is 5.64. The predicted octanol–water partition coefficient (Wildman–Crippen LogP) is 4.46. The largest absolute Gasteiger partial charge is 0.494 e. The lowest BCUT2D eigenvalue weighted by Gasteiger charge is -2.34. The molecule has 0 unspecified atom stereocenters. The van der Waals surface area contributed by atoms with Gasteiger partial charge in [0.2, 0.25) is 16.0 Å². The Bertz CT molecular complexity index is 1590. The number of ether oxygens (including phenoxy) is 1. The van der Waals surface area contributed by atoms with E-state index in [0.29, 0.717) is 23.0 Å². The van der Waals surface area contributed by atoms with Crippen LogP contribution in [0.3, 0.4) is 0 Å². The molecule has 0 bridgehead atoms. The van der Waals surface area contributed by atoms with Crippen molar-refractivity contribution in [3.05, 3.63) is 60.9 Å². The number of methoxy groups -OCH3 is 1. The first-order chi connectivity index (χ1) is 18.5. The minimum atomic E-state index is -3.55. The van der Waals surface area contributed by atoms with Gasteiger partial charge in [0.15, 0.2) is 0 Å². The van der Waals surface area contributed by atoms with Crippen LogP contribution in [0.4, 0.5) is 23.0 Å². The molecule has 0 spiro atoms. The predicted molar refractivity (Wildman–Crippen MR) is 157 cm³/mol. The molecule has 1 fully saturated rings. The van der Waals surface area contributed by atoms with E-state index in [0.717, 1.165) is 48.6 Å². The number of hydrogen-bond donors (Lipinski definition) is 2. The maximum atomic E-state index is 12.7. The summed E-state index contributed by atoms with van der Waals surface area (Å²) < 4.78 is 34.7. The molecule has 2 aromatic carbocycles. The second-order valence-electron chi connectivity index (χ2n) is 10.7. The van der Waals surface area contributed by atoms with Gasteiger partial charge >= 0.3 is 0 Å². The highest BCUT2D eigenvalue weighted by atomic mass is 32.2. The number of anilines is 4. The number of piperazine rings is 1. The lowest BCUT2D eigenvalue weighted by atomic mass is 10.2. The molecule has 11 heteroatoms. The highest BCUT2D eigenvalue weighted by Crippen LogP contribution is 2.32. The molecule has 0 aliphatic carbocycles. The Morgan fingerprint density at radius 3 is 2.46 bits per heavy atom. The van der Waals surface area contributed by atoms with Crippen LogP contribution in [0, 0.1) is 0 Å². The van der Waals surface area contributed by atoms with Gasteiger partial charge in [0, 0.05) is 61.4 Å². The van der Waals surface area contributed by atoms with Gasteiger partial charge < -0.3 is 24.4 Å². The molecule has 2 N–H and O–H groups in total. The van der Waals surface area contributed by atoms with E-state index in [1.165, 1.54) is 0 Å². The fourth-order valence-corrected chi connectivity index (χ4v) is 5.12. The summed E-state index contributed by atoms with van der Waals surface area (Å²) in [6.07, 6.45) is 3.66. The van der Waals surface area contributed by atoms with Crippen molar-refractivity contribution in [2.24, 2.45) is 0 Å². The number of hydrogen-bond acceptors (Lipinski definition) is 8. The van der Waals surface area contributed by atoms with Gasteiger partial charge in [0.1, 0.15) is 11.4 Å². The molecule has 1 aliphatic rings. The van der Waals surface area contributed by atoms with E-state index >= 15 is 0 Å². The van der Waals surface area contributed by atoms with E-state index in [-0.39, 0.29) is 0 Å². The van der Waals surface area contributed by atoms with E-state index in [1.807, 2.05) is 41.1 Å². The molecule has 1 saturated heterocycles. The molecular formula is C28H35N7O3S. The molecular weight excluding hydrogens is 514 g/mol. The normalized spacial score (nSPS) is 14.9. The van der Waals surface area contributed by atoms with Crippen LogP contribution in [-0.2, 0) is 10.0 Å². The van der Waals surface area contributed by atoms with Crippen LogP contribution in [-0.4, -0.2) is 72.9 Å². The van der Waals surface area contributed by atoms with E-state index in [2.05, 4.69) is 37.9 Å². The maximum Gasteiger partial charge on any atom is 0.237 e. The van der Waals surface area contributed by atoms with Crippen molar-refractivity contribution in [2.45, 2.75) is 25.5 Å². The topological polar surface area (TPSA) is 105 Å². The monoisotopic (exact) mass is 549 g/mol. The quantitative estimate of drug-likeness (QED) is 0.348. The summed E-state index contributed by atoms with van der Waals surface area (Å²) in [7, 11) is 0.248. The van der Waals surface area contributed by atoms with Crippen LogP contribution in [0.2, 0.25) is 0 Å². The lowest BCUT2D eigenvalue weighted by molar-refractivity contribution is 0.312. The Morgan fingerprint density at radius 2 is 1.74 bits per heavy atom. The first-order valence-corrected chi connectivity index (χ1v) is 14.4. The van der Waals surface area contributed by atoms with Gasteiger partial charge in [-0.2, -0.15) is 4.98 Å². The summed E-state index contributed by atoms with van der Waals surface area (Å²) in [5.74, 6) is 1.14. The number of likely N-dealkylation sites (N-methyl/N-ethyl adjacent to an activating group) is 1. The minimum absolute atomic E-state index is 0.428. The lowest BCUT2D eigenvalue weighted by Crippen LogP contribution is -2.44. The smallest absolute Gasteiger partial charge is 0.237 e. The fourth-order valence-electron chi connectivity index (χ4n) is 4.38. The molecule has 10 nitrogen and oxygen atoms in total. The van der Waals surface area contributed by atoms with Crippen molar-refractivity contribution in [1.29, 1.82) is 0 Å². The fraction of sp³-hybridized carbons (Fsp3) is 0.357. The number of benzene rings is 2. The molecule has 0 atom stereocenters. The van der Waals surface area contributed by atoms with Gasteiger partial charge in [-0.05, 0) is 64.2 Å². The summed E-state index contributed by atoms with van der Waals surface area (Å²) in [6.45, 7) is 9.00. The van der Waals surface area contributed by atoms with Crippen molar-refractivity contribution in [3.63, 3.8) is 0 Å². The Hall–Kier alpha value is -3.83. The molecule has 206 valence electrons. The Labute approximate surface area is 229 Å². The van der Waals surface area contributed by atoms with E-state index in [1.54, 1.807) is 46.2 Å². The maximum absolute atomic E-state index is 12.7. The van der Waals surface area contributed by atoms with Gasteiger partial charge in [-0.25, -0.2) is 13.4 Å². The van der Waals surface area contributed by atoms with Crippen molar-refractivity contribution >= 4 is 44.1 Å². The van der Waals surface area contributed by atoms with Crippen molar-refractivity contribution in [1.82, 2.24) is 19.4 Å². The standard InChI is InChI=1S/C28H35N7O3S/c1-28(2,3)39(36,37)32-21-7-6-8-23(17-21)35-12-11-20-19-29-27(31-26(20)35)30-24-10-9-22(18-25(24)38-5)34-15-13-33(4)14-16-34/h6-12,17-19,32H,13-16H2,1-5H3,(H,29,30,31). The zero-order chi connectivity index (χ0) is 27.8. The Morgan fingerprint density at radius 1 is 0.974 bits per heavy atom. The van der Waals surface area contributed by atoms with Crippen molar-refractivity contribution in [2.75, 3.05) is 55.3 Å². The molecule has 39 heavy (non-hydrogen) atoms. The van der Waals surface area contributed by atoms with Crippen LogP contribution in [0.1, 0.15) is 20.8 Å². The van der Waals surface area contributed by atoms with E-state index in [9.17, 15) is 8.42 Å². The number of rotatable bonds is 7. The molecule has 5 rings (SSSR count). The Balaban J connectivity index is 1.41. The molecule has 0 radical (unpaired) electrons. The first-order valence-electron chi connectivity index (χ1n) is 12.9. The number of nitrogens with zero attached hydrogens (tertiary/aromatic N) is 5. The van der Waals surface area contributed by atoms with Crippen LogP contribution in [0.25, 0.3) is 16.7 Å². The molecule has 3 heterocycles. The Kier molecular flexibility index (Phi) is 7.13. The summed E-state index contributed by atoms with van der Waals surface area (Å²) >= 11 is 0. The SMILES string of the molecule is COc1cc(N2CCN(C)CC2)ccc1Nc1ncc2ccn(-c3cccc(NS(=O)(=O)C(C)(C)C)c3)c2n1. The van der Waals surface area contributed by atoms with Crippen molar-refractivity contribution in [3.8, 4) is 11.4 Å². The second-order valence-corrected chi connectivity index (χ2v) is 13.2. The zero-order valence-corrected chi connectivity index (χ0v) is 23.8. The van der Waals surface area contributed by atoms with Gasteiger partial charge in [-0.15, -0.1) is 0 Å². The van der Waals surface area contributed by atoms with Gasteiger partial charge in [-0.3, -0.25) is 4.72 Å². The molecule has 4 aromatic rings. The number of fused-ring (bicyclic) bond motifs is 1. The zero-order valence-electron chi connectivity index (χ0n) is 23.0. The molecule has 0 saturated carbocycles. The van der Waals surface area contributed by atoms with Crippen molar-refractivity contribution < 1.29 is 13.2 Å². The second kappa shape index (κ2) is 10.4. The third-order valence-corrected chi connectivity index (χ3v) is 9.03. The number of sulfonamides is 1.